The van der Waals surface area contributed by atoms with Crippen LogP contribution in [0.1, 0.15) is 32.1 Å². The highest BCUT2D eigenvalue weighted by Crippen LogP contribution is 1.88. The minimum absolute atomic E-state index is 1.09. The third kappa shape index (κ3) is 9.88. The largest absolute Gasteiger partial charge is 0.358 e. The molecule has 12 heavy (non-hydrogen) atoms. The van der Waals surface area contributed by atoms with Gasteiger partial charge in [-0.1, -0.05) is 0 Å². The summed E-state index contributed by atoms with van der Waals surface area (Å²) in [4.78, 5) is 0. The Morgan fingerprint density at radius 3 is 1.75 bits per heavy atom. The summed E-state index contributed by atoms with van der Waals surface area (Å²) in [7, 11) is 0. The SMILES string of the molecule is [NH3+]CCCCC[NH2+]CCCC[NH3+]. The Hall–Kier alpha value is -0.120. The van der Waals surface area contributed by atoms with Gasteiger partial charge in [0.1, 0.15) is 0 Å². The highest BCUT2D eigenvalue weighted by molar-refractivity contribution is 4.36. The molecule has 74 valence electrons. The van der Waals surface area contributed by atoms with E-state index in [4.69, 9.17) is 0 Å². The smallest absolute Gasteiger partial charge is 0.0757 e. The van der Waals surface area contributed by atoms with Gasteiger partial charge in [0.25, 0.3) is 0 Å². The monoisotopic (exact) mass is 176 g/mol. The van der Waals surface area contributed by atoms with Crippen molar-refractivity contribution in [3.05, 3.63) is 0 Å². The van der Waals surface area contributed by atoms with Crippen LogP contribution < -0.4 is 16.8 Å². The lowest BCUT2D eigenvalue weighted by Crippen LogP contribution is -2.84. The molecule has 0 rings (SSSR count). The lowest BCUT2D eigenvalue weighted by molar-refractivity contribution is -0.655. The fourth-order valence-electron chi connectivity index (χ4n) is 1.25. The van der Waals surface area contributed by atoms with E-state index in [2.05, 4.69) is 16.8 Å². The Morgan fingerprint density at radius 1 is 0.667 bits per heavy atom. The average Bonchev–Trinajstić information content (AvgIpc) is 2.10. The number of rotatable bonds is 9. The summed E-state index contributed by atoms with van der Waals surface area (Å²) in [6.45, 7) is 4.79. The van der Waals surface area contributed by atoms with Crippen LogP contribution in [0.3, 0.4) is 0 Å². The molecule has 3 heteroatoms. The summed E-state index contributed by atoms with van der Waals surface area (Å²) in [6, 6.07) is 0. The Balaban J connectivity index is 2.73. The first-order valence-corrected chi connectivity index (χ1v) is 5.32. The molecule has 0 spiro atoms. The molecule has 0 aromatic rings. The van der Waals surface area contributed by atoms with Crippen LogP contribution in [-0.4, -0.2) is 26.2 Å². The van der Waals surface area contributed by atoms with E-state index >= 15 is 0 Å². The van der Waals surface area contributed by atoms with E-state index in [9.17, 15) is 0 Å². The fraction of sp³-hybridized carbons (Fsp3) is 1.00. The van der Waals surface area contributed by atoms with Gasteiger partial charge in [-0.3, -0.25) is 0 Å². The molecule has 0 atom stereocenters. The number of hydrogen-bond acceptors (Lipinski definition) is 0. The van der Waals surface area contributed by atoms with Gasteiger partial charge in [-0.05, 0) is 19.3 Å². The predicted octanol–water partition coefficient (Wildman–Crippen LogP) is -2.02. The second kappa shape index (κ2) is 10.9. The van der Waals surface area contributed by atoms with E-state index in [0.29, 0.717) is 0 Å². The highest BCUT2D eigenvalue weighted by atomic mass is 14.8. The second-order valence-electron chi connectivity index (χ2n) is 3.34. The van der Waals surface area contributed by atoms with Crippen LogP contribution in [0.25, 0.3) is 0 Å². The van der Waals surface area contributed by atoms with Crippen molar-refractivity contribution in [2.24, 2.45) is 0 Å². The molecule has 0 saturated heterocycles. The third-order valence-electron chi connectivity index (χ3n) is 2.07. The summed E-state index contributed by atoms with van der Waals surface area (Å²) in [6.07, 6.45) is 6.64. The molecular weight excluding hydrogens is 150 g/mol. The van der Waals surface area contributed by atoms with E-state index in [1.165, 1.54) is 45.2 Å². The second-order valence-corrected chi connectivity index (χ2v) is 3.34. The Bertz CT molecular complexity index is 66.2. The van der Waals surface area contributed by atoms with Gasteiger partial charge < -0.3 is 16.8 Å². The summed E-state index contributed by atoms with van der Waals surface area (Å²) < 4.78 is 0. The van der Waals surface area contributed by atoms with Crippen LogP contribution in [0.2, 0.25) is 0 Å². The predicted molar refractivity (Wildman–Crippen MR) is 50.3 cm³/mol. The maximum Gasteiger partial charge on any atom is 0.0757 e. The fourth-order valence-corrected chi connectivity index (χ4v) is 1.25. The molecular formula is C9H26N3+3. The van der Waals surface area contributed by atoms with Gasteiger partial charge in [0.05, 0.1) is 26.2 Å². The molecule has 0 heterocycles. The van der Waals surface area contributed by atoms with E-state index < -0.39 is 0 Å². The Labute approximate surface area is 75.9 Å². The number of hydrogen-bond donors (Lipinski definition) is 3. The van der Waals surface area contributed by atoms with Crippen LogP contribution in [-0.2, 0) is 0 Å². The zero-order valence-electron chi connectivity index (χ0n) is 8.36. The van der Waals surface area contributed by atoms with Gasteiger partial charge >= 0.3 is 0 Å². The van der Waals surface area contributed by atoms with Gasteiger partial charge in [0, 0.05) is 12.8 Å². The molecule has 0 aromatic heterocycles. The Kier molecular flexibility index (Phi) is 10.8. The average molecular weight is 176 g/mol. The van der Waals surface area contributed by atoms with Crippen molar-refractivity contribution in [1.29, 1.82) is 0 Å². The molecule has 0 unspecified atom stereocenters. The molecule has 3 nitrogen and oxygen atoms in total. The number of unbranched alkanes of at least 4 members (excludes halogenated alkanes) is 3. The number of quaternary nitrogens is 3. The van der Waals surface area contributed by atoms with Crippen LogP contribution in [0.5, 0.6) is 0 Å². The minimum Gasteiger partial charge on any atom is -0.358 e. The van der Waals surface area contributed by atoms with Gasteiger partial charge in [-0.15, -0.1) is 0 Å². The molecule has 0 aliphatic heterocycles. The maximum atomic E-state index is 3.83. The van der Waals surface area contributed by atoms with Crippen LogP contribution in [0.15, 0.2) is 0 Å². The minimum atomic E-state index is 1.09. The van der Waals surface area contributed by atoms with Crippen molar-refractivity contribution in [3.8, 4) is 0 Å². The lowest BCUT2D eigenvalue weighted by atomic mass is 10.2. The van der Waals surface area contributed by atoms with Crippen molar-refractivity contribution in [1.82, 2.24) is 0 Å². The molecule has 0 aliphatic rings. The first-order valence-electron chi connectivity index (χ1n) is 5.32. The van der Waals surface area contributed by atoms with Gasteiger partial charge in [0.2, 0.25) is 0 Å². The molecule has 0 aromatic carbocycles. The zero-order valence-corrected chi connectivity index (χ0v) is 8.36. The van der Waals surface area contributed by atoms with E-state index in [-0.39, 0.29) is 0 Å². The molecule has 0 radical (unpaired) electrons. The normalized spacial score (nSPS) is 10.5. The Morgan fingerprint density at radius 2 is 1.17 bits per heavy atom. The van der Waals surface area contributed by atoms with Crippen molar-refractivity contribution < 1.29 is 16.8 Å². The lowest BCUT2D eigenvalue weighted by Gasteiger charge is -1.99. The van der Waals surface area contributed by atoms with Crippen LogP contribution >= 0.6 is 0 Å². The standard InChI is InChI=1S/C9H23N3/c10-6-2-1-4-8-12-9-5-3-7-11/h12H,1-11H2/p+3. The molecule has 0 bridgehead atoms. The quantitative estimate of drug-likeness (QED) is 0.340. The van der Waals surface area contributed by atoms with Gasteiger partial charge in [-0.25, -0.2) is 0 Å². The summed E-state index contributed by atoms with van der Waals surface area (Å²) in [5.74, 6) is 0. The van der Waals surface area contributed by atoms with E-state index in [1.54, 1.807) is 0 Å². The first kappa shape index (κ1) is 11.9. The summed E-state index contributed by atoms with van der Waals surface area (Å²) in [5.41, 5.74) is 7.65. The van der Waals surface area contributed by atoms with E-state index in [0.717, 1.165) is 13.1 Å². The van der Waals surface area contributed by atoms with Crippen molar-refractivity contribution >= 4 is 0 Å². The highest BCUT2D eigenvalue weighted by Gasteiger charge is 1.92. The van der Waals surface area contributed by atoms with Gasteiger partial charge in [-0.2, -0.15) is 0 Å². The van der Waals surface area contributed by atoms with Crippen molar-refractivity contribution in [2.45, 2.75) is 32.1 Å². The molecule has 0 aliphatic carbocycles. The number of nitrogens with two attached hydrogens (primary N) is 1. The van der Waals surface area contributed by atoms with Crippen molar-refractivity contribution in [3.63, 3.8) is 0 Å². The zero-order chi connectivity index (χ0) is 9.07. The first-order chi connectivity index (χ1) is 5.91. The van der Waals surface area contributed by atoms with Gasteiger partial charge in [0.15, 0.2) is 0 Å². The third-order valence-corrected chi connectivity index (χ3v) is 2.07. The van der Waals surface area contributed by atoms with E-state index in [1.807, 2.05) is 0 Å². The van der Waals surface area contributed by atoms with Crippen LogP contribution in [0, 0.1) is 0 Å². The summed E-state index contributed by atoms with van der Waals surface area (Å²) in [5, 5.41) is 2.43. The molecule has 0 amide bonds. The topological polar surface area (TPSA) is 71.9 Å². The maximum absolute atomic E-state index is 3.83. The summed E-state index contributed by atoms with van der Waals surface area (Å²) >= 11 is 0. The van der Waals surface area contributed by atoms with Crippen LogP contribution in [0.4, 0.5) is 0 Å². The molecule has 0 fully saturated rings. The molecule has 8 N–H and O–H groups in total. The molecule has 0 saturated carbocycles. The van der Waals surface area contributed by atoms with Crippen molar-refractivity contribution in [2.75, 3.05) is 26.2 Å².